The van der Waals surface area contributed by atoms with Gasteiger partial charge in [-0.3, -0.25) is 4.79 Å². The second-order valence-electron chi connectivity index (χ2n) is 5.80. The molecule has 4 aromatic rings. The standard InChI is InChI=1S/C21H17NO2/c1-24-16-11-12-20(23)21-18(13-16)17-9-5-6-10-19(17)22(21)14-15-7-3-2-4-8-15/h2-13H,14H2,1H3. The number of nitrogens with zero attached hydrogens (tertiary/aromatic N) is 1. The van der Waals surface area contributed by atoms with Gasteiger partial charge >= 0.3 is 0 Å². The molecule has 0 radical (unpaired) electrons. The van der Waals surface area contributed by atoms with E-state index in [2.05, 4.69) is 28.8 Å². The average Bonchev–Trinajstić information content (AvgIpc) is 2.81. The number of rotatable bonds is 3. The predicted octanol–water partition coefficient (Wildman–Crippen LogP) is 4.21. The van der Waals surface area contributed by atoms with Gasteiger partial charge in [0.15, 0.2) is 0 Å². The molecule has 0 unspecified atom stereocenters. The van der Waals surface area contributed by atoms with Gasteiger partial charge in [-0.05, 0) is 29.8 Å². The van der Waals surface area contributed by atoms with Crippen LogP contribution in [0.5, 0.6) is 5.75 Å². The van der Waals surface area contributed by atoms with Crippen LogP contribution in [0, 0.1) is 0 Å². The van der Waals surface area contributed by atoms with Crippen LogP contribution in [-0.2, 0) is 6.54 Å². The minimum atomic E-state index is 0.000399. The summed E-state index contributed by atoms with van der Waals surface area (Å²) >= 11 is 0. The van der Waals surface area contributed by atoms with E-state index in [0.717, 1.165) is 21.9 Å². The van der Waals surface area contributed by atoms with Crippen LogP contribution in [0.3, 0.4) is 0 Å². The topological polar surface area (TPSA) is 31.2 Å². The summed E-state index contributed by atoms with van der Waals surface area (Å²) < 4.78 is 7.46. The monoisotopic (exact) mass is 315 g/mol. The van der Waals surface area contributed by atoms with E-state index in [1.807, 2.05) is 36.4 Å². The molecule has 3 heteroatoms. The van der Waals surface area contributed by atoms with E-state index in [1.165, 1.54) is 0 Å². The average molecular weight is 315 g/mol. The first-order valence-corrected chi connectivity index (χ1v) is 7.91. The molecule has 3 nitrogen and oxygen atoms in total. The van der Waals surface area contributed by atoms with E-state index < -0.39 is 0 Å². The van der Waals surface area contributed by atoms with Crippen LogP contribution in [-0.4, -0.2) is 11.7 Å². The molecule has 0 atom stereocenters. The number of aromatic nitrogens is 1. The van der Waals surface area contributed by atoms with Gasteiger partial charge < -0.3 is 9.30 Å². The third-order valence-electron chi connectivity index (χ3n) is 4.35. The molecule has 0 N–H and O–H groups in total. The van der Waals surface area contributed by atoms with Crippen molar-refractivity contribution in [2.45, 2.75) is 6.54 Å². The van der Waals surface area contributed by atoms with Crippen LogP contribution in [0.4, 0.5) is 0 Å². The van der Waals surface area contributed by atoms with E-state index in [-0.39, 0.29) is 5.43 Å². The molecule has 1 aromatic heterocycles. The number of para-hydroxylation sites is 1. The summed E-state index contributed by atoms with van der Waals surface area (Å²) in [7, 11) is 1.62. The van der Waals surface area contributed by atoms with Crippen LogP contribution in [0.15, 0.2) is 77.6 Å². The molecule has 0 fully saturated rings. The van der Waals surface area contributed by atoms with E-state index in [0.29, 0.717) is 17.8 Å². The number of fused-ring (bicyclic) bond motifs is 3. The molecular formula is C21H17NO2. The van der Waals surface area contributed by atoms with Crippen molar-refractivity contribution in [2.75, 3.05) is 7.11 Å². The quantitative estimate of drug-likeness (QED) is 0.567. The van der Waals surface area contributed by atoms with Crippen LogP contribution in [0.2, 0.25) is 0 Å². The molecule has 3 aromatic carbocycles. The Kier molecular flexibility index (Phi) is 3.54. The van der Waals surface area contributed by atoms with Crippen molar-refractivity contribution in [3.05, 3.63) is 88.6 Å². The second-order valence-corrected chi connectivity index (χ2v) is 5.80. The number of benzene rings is 2. The normalized spacial score (nSPS) is 11.0. The van der Waals surface area contributed by atoms with Gasteiger partial charge in [0.25, 0.3) is 0 Å². The molecule has 0 bridgehead atoms. The molecule has 24 heavy (non-hydrogen) atoms. The first-order chi connectivity index (χ1) is 11.8. The summed E-state index contributed by atoms with van der Waals surface area (Å²) in [5.74, 6) is 0.685. The maximum absolute atomic E-state index is 12.8. The maximum Gasteiger partial charge on any atom is 0.202 e. The fraction of sp³-hybridized carbons (Fsp3) is 0.0952. The number of ether oxygens (including phenoxy) is 1. The largest absolute Gasteiger partial charge is 0.497 e. The van der Waals surface area contributed by atoms with Gasteiger partial charge in [-0.1, -0.05) is 48.5 Å². The molecule has 0 spiro atoms. The number of methoxy groups -OCH3 is 1. The Labute approximate surface area is 139 Å². The lowest BCUT2D eigenvalue weighted by Crippen LogP contribution is -2.06. The Morgan fingerprint density at radius 3 is 2.42 bits per heavy atom. The highest BCUT2D eigenvalue weighted by Gasteiger charge is 2.13. The zero-order valence-corrected chi connectivity index (χ0v) is 13.4. The summed E-state index contributed by atoms with van der Waals surface area (Å²) in [5, 5.41) is 1.99. The minimum Gasteiger partial charge on any atom is -0.497 e. The molecule has 0 saturated carbocycles. The molecule has 0 aliphatic heterocycles. The van der Waals surface area contributed by atoms with Gasteiger partial charge in [0, 0.05) is 22.8 Å². The lowest BCUT2D eigenvalue weighted by atomic mass is 10.2. The third-order valence-corrected chi connectivity index (χ3v) is 4.35. The van der Waals surface area contributed by atoms with Gasteiger partial charge in [-0.2, -0.15) is 0 Å². The first kappa shape index (κ1) is 14.5. The fourth-order valence-electron chi connectivity index (χ4n) is 3.23. The van der Waals surface area contributed by atoms with Crippen LogP contribution in [0.1, 0.15) is 5.56 Å². The van der Waals surface area contributed by atoms with Gasteiger partial charge in [0.2, 0.25) is 5.43 Å². The van der Waals surface area contributed by atoms with Gasteiger partial charge in [-0.25, -0.2) is 0 Å². The highest BCUT2D eigenvalue weighted by Crippen LogP contribution is 2.29. The van der Waals surface area contributed by atoms with Crippen molar-refractivity contribution in [3.63, 3.8) is 0 Å². The van der Waals surface area contributed by atoms with Crippen molar-refractivity contribution in [1.82, 2.24) is 4.57 Å². The summed E-state index contributed by atoms with van der Waals surface area (Å²) in [4.78, 5) is 12.8. The second kappa shape index (κ2) is 5.85. The zero-order chi connectivity index (χ0) is 16.5. The molecule has 0 saturated heterocycles. The molecule has 118 valence electrons. The van der Waals surface area contributed by atoms with E-state index in [4.69, 9.17) is 4.74 Å². The number of hydrogen-bond donors (Lipinski definition) is 0. The van der Waals surface area contributed by atoms with Crippen molar-refractivity contribution in [2.24, 2.45) is 0 Å². The van der Waals surface area contributed by atoms with Crippen molar-refractivity contribution < 1.29 is 4.74 Å². The van der Waals surface area contributed by atoms with E-state index in [9.17, 15) is 4.79 Å². The van der Waals surface area contributed by atoms with Crippen LogP contribution < -0.4 is 10.2 Å². The summed E-state index contributed by atoms with van der Waals surface area (Å²) in [6, 6.07) is 23.6. The Morgan fingerprint density at radius 2 is 1.62 bits per heavy atom. The van der Waals surface area contributed by atoms with Crippen molar-refractivity contribution in [1.29, 1.82) is 0 Å². The molecule has 4 rings (SSSR count). The third kappa shape index (κ3) is 2.35. The fourth-order valence-corrected chi connectivity index (χ4v) is 3.23. The molecule has 1 heterocycles. The van der Waals surface area contributed by atoms with Crippen LogP contribution >= 0.6 is 0 Å². The predicted molar refractivity (Wildman–Crippen MR) is 97.8 cm³/mol. The molecular weight excluding hydrogens is 298 g/mol. The smallest absolute Gasteiger partial charge is 0.202 e. The van der Waals surface area contributed by atoms with Gasteiger partial charge in [0.1, 0.15) is 5.75 Å². The zero-order valence-electron chi connectivity index (χ0n) is 13.4. The van der Waals surface area contributed by atoms with Crippen LogP contribution in [0.25, 0.3) is 21.8 Å². The molecule has 0 aliphatic carbocycles. The van der Waals surface area contributed by atoms with Gasteiger partial charge in [0.05, 0.1) is 12.6 Å². The molecule has 0 aliphatic rings. The Hall–Kier alpha value is -3.07. The maximum atomic E-state index is 12.8. The minimum absolute atomic E-state index is 0.000399. The highest BCUT2D eigenvalue weighted by atomic mass is 16.5. The van der Waals surface area contributed by atoms with Crippen molar-refractivity contribution in [3.8, 4) is 5.75 Å². The Balaban J connectivity index is 2.11. The van der Waals surface area contributed by atoms with Crippen molar-refractivity contribution >= 4 is 21.8 Å². The number of hydrogen-bond acceptors (Lipinski definition) is 2. The molecule has 0 amide bonds. The SMILES string of the molecule is COc1ccc(=O)c2c(c1)c1ccccc1n2Cc1ccccc1. The van der Waals surface area contributed by atoms with E-state index in [1.54, 1.807) is 19.2 Å². The summed E-state index contributed by atoms with van der Waals surface area (Å²) in [6.45, 7) is 0.659. The Bertz CT molecular complexity index is 1080. The highest BCUT2D eigenvalue weighted by molar-refractivity contribution is 6.08. The summed E-state index contributed by atoms with van der Waals surface area (Å²) in [5.41, 5.74) is 2.93. The lowest BCUT2D eigenvalue weighted by Gasteiger charge is -2.06. The summed E-state index contributed by atoms with van der Waals surface area (Å²) in [6.07, 6.45) is 0. The lowest BCUT2D eigenvalue weighted by molar-refractivity contribution is 0.415. The first-order valence-electron chi connectivity index (χ1n) is 7.91. The Morgan fingerprint density at radius 1 is 0.875 bits per heavy atom. The van der Waals surface area contributed by atoms with Gasteiger partial charge in [-0.15, -0.1) is 0 Å². The van der Waals surface area contributed by atoms with E-state index >= 15 is 0 Å².